The van der Waals surface area contributed by atoms with Crippen molar-refractivity contribution in [3.05, 3.63) is 35.4 Å². The first kappa shape index (κ1) is 14.5. The van der Waals surface area contributed by atoms with Crippen LogP contribution >= 0.6 is 0 Å². The molecule has 20 heavy (non-hydrogen) atoms. The van der Waals surface area contributed by atoms with Crippen molar-refractivity contribution >= 4 is 11.9 Å². The molecule has 1 aromatic carbocycles. The number of carbonyl (C=O) groups excluding carboxylic acids is 1. The van der Waals surface area contributed by atoms with E-state index >= 15 is 0 Å². The minimum Gasteiger partial charge on any atom is -0.478 e. The van der Waals surface area contributed by atoms with Crippen molar-refractivity contribution in [2.75, 3.05) is 13.1 Å². The van der Waals surface area contributed by atoms with Gasteiger partial charge in [-0.15, -0.1) is 0 Å². The van der Waals surface area contributed by atoms with Crippen molar-refractivity contribution in [3.63, 3.8) is 0 Å². The van der Waals surface area contributed by atoms with Crippen molar-refractivity contribution in [1.82, 2.24) is 10.2 Å². The van der Waals surface area contributed by atoms with Gasteiger partial charge in [0.2, 0.25) is 5.91 Å². The Balaban J connectivity index is 1.88. The molecule has 2 N–H and O–H groups in total. The molecule has 0 saturated carbocycles. The van der Waals surface area contributed by atoms with Gasteiger partial charge in [0.05, 0.1) is 5.56 Å². The Morgan fingerprint density at radius 3 is 2.65 bits per heavy atom. The number of benzene rings is 1. The lowest BCUT2D eigenvalue weighted by atomic mass is 10.0. The fraction of sp³-hybridized carbons (Fsp3) is 0.467. The first-order chi connectivity index (χ1) is 9.54. The minimum absolute atomic E-state index is 0.0256. The highest BCUT2D eigenvalue weighted by Gasteiger charge is 2.19. The molecule has 5 nitrogen and oxygen atoms in total. The molecule has 1 heterocycles. The number of hydrogen-bond donors (Lipinski definition) is 2. The molecule has 108 valence electrons. The van der Waals surface area contributed by atoms with Gasteiger partial charge >= 0.3 is 5.97 Å². The smallest absolute Gasteiger partial charge is 0.335 e. The standard InChI is InChI=1S/C15H20N2O3/c1-11(18)16-14-5-7-17(8-6-14)10-12-3-2-4-13(9-12)15(19)20/h2-4,9,14H,5-8,10H2,1H3,(H,16,18)(H,19,20). The number of hydrogen-bond acceptors (Lipinski definition) is 3. The fourth-order valence-electron chi connectivity index (χ4n) is 2.58. The number of nitrogens with one attached hydrogen (secondary N) is 1. The zero-order valence-electron chi connectivity index (χ0n) is 11.6. The number of rotatable bonds is 4. The number of likely N-dealkylation sites (tertiary alicyclic amines) is 1. The second kappa shape index (κ2) is 6.52. The first-order valence-electron chi connectivity index (χ1n) is 6.86. The summed E-state index contributed by atoms with van der Waals surface area (Å²) in [5.41, 5.74) is 1.35. The van der Waals surface area contributed by atoms with E-state index in [1.807, 2.05) is 6.07 Å². The van der Waals surface area contributed by atoms with Gasteiger partial charge in [0.1, 0.15) is 0 Å². The van der Waals surface area contributed by atoms with E-state index in [0.717, 1.165) is 38.0 Å². The molecule has 1 aromatic rings. The molecule has 1 amide bonds. The molecule has 1 fully saturated rings. The fourth-order valence-corrected chi connectivity index (χ4v) is 2.58. The molecule has 0 atom stereocenters. The van der Waals surface area contributed by atoms with E-state index in [0.29, 0.717) is 5.56 Å². The van der Waals surface area contributed by atoms with Crippen LogP contribution in [-0.2, 0) is 11.3 Å². The summed E-state index contributed by atoms with van der Waals surface area (Å²) < 4.78 is 0. The predicted octanol–water partition coefficient (Wildman–Crippen LogP) is 1.49. The number of aromatic carboxylic acids is 1. The third kappa shape index (κ3) is 4.06. The van der Waals surface area contributed by atoms with E-state index in [2.05, 4.69) is 10.2 Å². The average Bonchev–Trinajstić information content (AvgIpc) is 2.41. The van der Waals surface area contributed by atoms with Gasteiger partial charge in [-0.05, 0) is 30.5 Å². The van der Waals surface area contributed by atoms with Gasteiger partial charge in [-0.25, -0.2) is 4.79 Å². The Bertz CT molecular complexity index is 494. The monoisotopic (exact) mass is 276 g/mol. The van der Waals surface area contributed by atoms with Crippen LogP contribution in [0.15, 0.2) is 24.3 Å². The summed E-state index contributed by atoms with van der Waals surface area (Å²) in [6.45, 7) is 4.14. The van der Waals surface area contributed by atoms with Crippen molar-refractivity contribution in [2.24, 2.45) is 0 Å². The number of carboxylic acids is 1. The lowest BCUT2D eigenvalue weighted by Crippen LogP contribution is -2.43. The summed E-state index contributed by atoms with van der Waals surface area (Å²) in [6.07, 6.45) is 1.89. The second-order valence-electron chi connectivity index (χ2n) is 5.26. The number of carbonyl (C=O) groups is 2. The number of carboxylic acid groups (broad SMARTS) is 1. The molecule has 0 aromatic heterocycles. The van der Waals surface area contributed by atoms with Gasteiger partial charge in [0.15, 0.2) is 0 Å². The van der Waals surface area contributed by atoms with E-state index in [4.69, 9.17) is 5.11 Å². The van der Waals surface area contributed by atoms with E-state index < -0.39 is 5.97 Å². The topological polar surface area (TPSA) is 69.6 Å². The van der Waals surface area contributed by atoms with Crippen molar-refractivity contribution in [3.8, 4) is 0 Å². The molecule has 1 aliphatic rings. The molecule has 2 rings (SSSR count). The third-order valence-corrected chi connectivity index (χ3v) is 3.58. The molecule has 0 bridgehead atoms. The summed E-state index contributed by atoms with van der Waals surface area (Å²) in [5.74, 6) is -0.867. The zero-order chi connectivity index (χ0) is 14.5. The number of amides is 1. The Labute approximate surface area is 118 Å². The molecule has 0 aliphatic carbocycles. The van der Waals surface area contributed by atoms with Crippen LogP contribution in [0.4, 0.5) is 0 Å². The second-order valence-corrected chi connectivity index (χ2v) is 5.26. The van der Waals surface area contributed by atoms with Crippen LogP contribution in [0.2, 0.25) is 0 Å². The maximum atomic E-state index is 11.0. The highest BCUT2D eigenvalue weighted by molar-refractivity contribution is 5.87. The van der Waals surface area contributed by atoms with E-state index in [1.54, 1.807) is 25.1 Å². The lowest BCUT2D eigenvalue weighted by molar-refractivity contribution is -0.119. The lowest BCUT2D eigenvalue weighted by Gasteiger charge is -2.32. The highest BCUT2D eigenvalue weighted by Crippen LogP contribution is 2.15. The molecule has 1 aliphatic heterocycles. The minimum atomic E-state index is -0.892. The summed E-state index contributed by atoms with van der Waals surface area (Å²) in [7, 11) is 0. The Kier molecular flexibility index (Phi) is 4.74. The summed E-state index contributed by atoms with van der Waals surface area (Å²) in [4.78, 5) is 24.2. The van der Waals surface area contributed by atoms with E-state index in [-0.39, 0.29) is 11.9 Å². The van der Waals surface area contributed by atoms with Crippen LogP contribution < -0.4 is 5.32 Å². The van der Waals surface area contributed by atoms with Crippen LogP contribution in [0.25, 0.3) is 0 Å². The van der Waals surface area contributed by atoms with Crippen LogP contribution in [0.1, 0.15) is 35.7 Å². The van der Waals surface area contributed by atoms with Gasteiger partial charge in [0.25, 0.3) is 0 Å². The maximum Gasteiger partial charge on any atom is 0.335 e. The normalized spacial score (nSPS) is 16.9. The Morgan fingerprint density at radius 2 is 2.05 bits per heavy atom. The maximum absolute atomic E-state index is 11.0. The SMILES string of the molecule is CC(=O)NC1CCN(Cc2cccc(C(=O)O)c2)CC1. The van der Waals surface area contributed by atoms with Crippen molar-refractivity contribution < 1.29 is 14.7 Å². The summed E-state index contributed by atoms with van der Waals surface area (Å²) in [5, 5.41) is 11.9. The van der Waals surface area contributed by atoms with E-state index in [1.165, 1.54) is 0 Å². The predicted molar refractivity (Wildman–Crippen MR) is 75.5 cm³/mol. The Morgan fingerprint density at radius 1 is 1.35 bits per heavy atom. The van der Waals surface area contributed by atoms with Crippen LogP contribution in [0, 0.1) is 0 Å². The molecule has 0 radical (unpaired) electrons. The van der Waals surface area contributed by atoms with Gasteiger partial charge in [-0.3, -0.25) is 9.69 Å². The molecular weight excluding hydrogens is 256 g/mol. The average molecular weight is 276 g/mol. The van der Waals surface area contributed by atoms with Gasteiger partial charge in [-0.1, -0.05) is 12.1 Å². The van der Waals surface area contributed by atoms with E-state index in [9.17, 15) is 9.59 Å². The quantitative estimate of drug-likeness (QED) is 0.874. The first-order valence-corrected chi connectivity index (χ1v) is 6.86. The Hall–Kier alpha value is -1.88. The highest BCUT2D eigenvalue weighted by atomic mass is 16.4. The number of nitrogens with zero attached hydrogens (tertiary/aromatic N) is 1. The zero-order valence-corrected chi connectivity index (χ0v) is 11.6. The van der Waals surface area contributed by atoms with Gasteiger partial charge in [-0.2, -0.15) is 0 Å². The van der Waals surface area contributed by atoms with Crippen LogP contribution in [0.3, 0.4) is 0 Å². The molecule has 1 saturated heterocycles. The van der Waals surface area contributed by atoms with Crippen LogP contribution in [0.5, 0.6) is 0 Å². The molecule has 5 heteroatoms. The largest absolute Gasteiger partial charge is 0.478 e. The van der Waals surface area contributed by atoms with Gasteiger partial charge < -0.3 is 10.4 Å². The summed E-state index contributed by atoms with van der Waals surface area (Å²) in [6, 6.07) is 7.33. The molecule has 0 unspecified atom stereocenters. The molecule has 0 spiro atoms. The van der Waals surface area contributed by atoms with Crippen molar-refractivity contribution in [1.29, 1.82) is 0 Å². The van der Waals surface area contributed by atoms with Gasteiger partial charge in [0, 0.05) is 32.6 Å². The summed E-state index contributed by atoms with van der Waals surface area (Å²) >= 11 is 0. The number of piperidine rings is 1. The van der Waals surface area contributed by atoms with Crippen molar-refractivity contribution in [2.45, 2.75) is 32.4 Å². The third-order valence-electron chi connectivity index (χ3n) is 3.58. The van der Waals surface area contributed by atoms with Crippen LogP contribution in [-0.4, -0.2) is 41.0 Å². The molecular formula is C15H20N2O3.